The van der Waals surface area contributed by atoms with Crippen molar-refractivity contribution in [3.63, 3.8) is 0 Å². The molecule has 0 spiro atoms. The number of nitrogens with zero attached hydrogens (tertiary/aromatic N) is 2. The molecule has 1 N–H and O–H groups in total. The summed E-state index contributed by atoms with van der Waals surface area (Å²) in [5.41, 5.74) is 0. The molecule has 1 aromatic rings. The molecular formula is C9H15N3O3S. The molecule has 1 fully saturated rings. The predicted octanol–water partition coefficient (Wildman–Crippen LogP) is 0.0812. The van der Waals surface area contributed by atoms with Crippen molar-refractivity contribution in [3.8, 4) is 0 Å². The molecule has 0 aromatic carbocycles. The van der Waals surface area contributed by atoms with Gasteiger partial charge < -0.3 is 9.73 Å². The van der Waals surface area contributed by atoms with Gasteiger partial charge in [-0.1, -0.05) is 6.92 Å². The summed E-state index contributed by atoms with van der Waals surface area (Å²) in [7, 11) is -2.89. The van der Waals surface area contributed by atoms with Gasteiger partial charge in [0.25, 0.3) is 0 Å². The number of aromatic nitrogens is 2. The first-order valence-electron chi connectivity index (χ1n) is 5.34. The van der Waals surface area contributed by atoms with Crippen LogP contribution in [0, 0.1) is 0 Å². The lowest BCUT2D eigenvalue weighted by molar-refractivity contribution is 0.414. The average molecular weight is 245 g/mol. The van der Waals surface area contributed by atoms with Crippen molar-refractivity contribution in [1.29, 1.82) is 0 Å². The monoisotopic (exact) mass is 245 g/mol. The van der Waals surface area contributed by atoms with Crippen molar-refractivity contribution in [3.05, 3.63) is 11.8 Å². The second-order valence-corrected chi connectivity index (χ2v) is 6.14. The van der Waals surface area contributed by atoms with E-state index in [0.717, 1.165) is 6.54 Å². The molecule has 6 nitrogen and oxygen atoms in total. The van der Waals surface area contributed by atoms with Crippen LogP contribution < -0.4 is 5.32 Å². The first-order valence-corrected chi connectivity index (χ1v) is 7.16. The maximum absolute atomic E-state index is 11.3. The van der Waals surface area contributed by atoms with E-state index >= 15 is 0 Å². The zero-order chi connectivity index (χ0) is 11.6. The average Bonchev–Trinajstić information content (AvgIpc) is 2.81. The molecule has 0 saturated carbocycles. The Morgan fingerprint density at radius 2 is 2.31 bits per heavy atom. The lowest BCUT2D eigenvalue weighted by Gasteiger charge is -1.99. The van der Waals surface area contributed by atoms with Crippen LogP contribution in [0.4, 0.5) is 0 Å². The minimum Gasteiger partial charge on any atom is -0.424 e. The maximum atomic E-state index is 11.3. The Morgan fingerprint density at radius 1 is 1.50 bits per heavy atom. The van der Waals surface area contributed by atoms with Crippen molar-refractivity contribution in [2.45, 2.75) is 25.8 Å². The van der Waals surface area contributed by atoms with Crippen molar-refractivity contribution in [2.75, 3.05) is 18.1 Å². The lowest BCUT2D eigenvalue weighted by Crippen LogP contribution is -2.11. The maximum Gasteiger partial charge on any atom is 0.230 e. The van der Waals surface area contributed by atoms with E-state index in [1.165, 1.54) is 0 Å². The topological polar surface area (TPSA) is 85.1 Å². The fourth-order valence-electron chi connectivity index (χ4n) is 1.72. The quantitative estimate of drug-likeness (QED) is 0.808. The Balaban J connectivity index is 2.02. The first kappa shape index (κ1) is 11.5. The van der Waals surface area contributed by atoms with Gasteiger partial charge in [-0.15, -0.1) is 10.2 Å². The van der Waals surface area contributed by atoms with E-state index in [1.807, 2.05) is 6.92 Å². The van der Waals surface area contributed by atoms with Crippen LogP contribution in [0.3, 0.4) is 0 Å². The van der Waals surface area contributed by atoms with E-state index in [2.05, 4.69) is 15.5 Å². The summed E-state index contributed by atoms with van der Waals surface area (Å²) < 4.78 is 28.0. The molecule has 1 aliphatic rings. The van der Waals surface area contributed by atoms with Crippen molar-refractivity contribution < 1.29 is 12.8 Å². The molecule has 1 saturated heterocycles. The van der Waals surface area contributed by atoms with E-state index in [-0.39, 0.29) is 17.4 Å². The van der Waals surface area contributed by atoms with Gasteiger partial charge in [0.2, 0.25) is 11.8 Å². The highest BCUT2D eigenvalue weighted by molar-refractivity contribution is 7.91. The molecule has 1 atom stereocenters. The summed E-state index contributed by atoms with van der Waals surface area (Å²) in [4.78, 5) is 0. The SMILES string of the molecule is CCNCc1nnc(C2CCS(=O)(=O)C2)o1. The van der Waals surface area contributed by atoms with E-state index in [0.29, 0.717) is 24.7 Å². The summed E-state index contributed by atoms with van der Waals surface area (Å²) in [5.74, 6) is 1.21. The molecule has 0 radical (unpaired) electrons. The number of nitrogens with one attached hydrogen (secondary N) is 1. The highest BCUT2D eigenvalue weighted by Crippen LogP contribution is 2.27. The summed E-state index contributed by atoms with van der Waals surface area (Å²) >= 11 is 0. The van der Waals surface area contributed by atoms with Crippen molar-refractivity contribution in [2.24, 2.45) is 0 Å². The second kappa shape index (κ2) is 4.50. The molecule has 2 heterocycles. The molecular weight excluding hydrogens is 230 g/mol. The van der Waals surface area contributed by atoms with Gasteiger partial charge in [-0.3, -0.25) is 0 Å². The first-order chi connectivity index (χ1) is 7.61. The lowest BCUT2D eigenvalue weighted by atomic mass is 10.1. The molecule has 2 rings (SSSR count). The standard InChI is InChI=1S/C9H15N3O3S/c1-2-10-5-8-11-12-9(15-8)7-3-4-16(13,14)6-7/h7,10H,2-6H2,1H3. The van der Waals surface area contributed by atoms with E-state index in [1.54, 1.807) is 0 Å². The second-order valence-electron chi connectivity index (χ2n) is 3.91. The minimum atomic E-state index is -2.89. The zero-order valence-corrected chi connectivity index (χ0v) is 9.96. The normalized spacial score (nSPS) is 23.7. The number of hydrogen-bond donors (Lipinski definition) is 1. The number of hydrogen-bond acceptors (Lipinski definition) is 6. The Labute approximate surface area is 94.4 Å². The third kappa shape index (κ3) is 2.59. The Morgan fingerprint density at radius 3 is 2.94 bits per heavy atom. The zero-order valence-electron chi connectivity index (χ0n) is 9.14. The largest absolute Gasteiger partial charge is 0.424 e. The van der Waals surface area contributed by atoms with Crippen molar-refractivity contribution in [1.82, 2.24) is 15.5 Å². The van der Waals surface area contributed by atoms with Gasteiger partial charge in [0.15, 0.2) is 9.84 Å². The van der Waals surface area contributed by atoms with Gasteiger partial charge >= 0.3 is 0 Å². The molecule has 1 unspecified atom stereocenters. The van der Waals surface area contributed by atoms with E-state index < -0.39 is 9.84 Å². The fraction of sp³-hybridized carbons (Fsp3) is 0.778. The van der Waals surface area contributed by atoms with Crippen LogP contribution in [0.15, 0.2) is 4.42 Å². The minimum absolute atomic E-state index is 0.118. The molecule has 16 heavy (non-hydrogen) atoms. The van der Waals surface area contributed by atoms with Crippen LogP contribution in [0.2, 0.25) is 0 Å². The molecule has 0 aliphatic carbocycles. The number of sulfone groups is 1. The molecule has 0 amide bonds. The van der Waals surface area contributed by atoms with Crippen molar-refractivity contribution >= 4 is 9.84 Å². The van der Waals surface area contributed by atoms with Crippen LogP contribution in [-0.4, -0.2) is 36.7 Å². The highest BCUT2D eigenvalue weighted by atomic mass is 32.2. The molecule has 1 aromatic heterocycles. The third-order valence-electron chi connectivity index (χ3n) is 2.59. The summed E-state index contributed by atoms with van der Waals surface area (Å²) in [6, 6.07) is 0. The fourth-order valence-corrected chi connectivity index (χ4v) is 3.46. The third-order valence-corrected chi connectivity index (χ3v) is 4.36. The summed E-state index contributed by atoms with van der Waals surface area (Å²) in [5, 5.41) is 10.8. The Bertz CT molecular complexity index is 454. The van der Waals surface area contributed by atoms with Gasteiger partial charge in [0, 0.05) is 0 Å². The van der Waals surface area contributed by atoms with E-state index in [4.69, 9.17) is 4.42 Å². The predicted molar refractivity (Wildman–Crippen MR) is 57.7 cm³/mol. The summed E-state index contributed by atoms with van der Waals surface area (Å²) in [6.45, 7) is 3.35. The molecule has 1 aliphatic heterocycles. The van der Waals surface area contributed by atoms with Crippen LogP contribution in [-0.2, 0) is 16.4 Å². The smallest absolute Gasteiger partial charge is 0.230 e. The van der Waals surface area contributed by atoms with Crippen LogP contribution in [0.25, 0.3) is 0 Å². The van der Waals surface area contributed by atoms with E-state index in [9.17, 15) is 8.42 Å². The molecule has 0 bridgehead atoms. The van der Waals surface area contributed by atoms with Crippen LogP contribution >= 0.6 is 0 Å². The van der Waals surface area contributed by atoms with Gasteiger partial charge in [-0.2, -0.15) is 0 Å². The van der Waals surface area contributed by atoms with Gasteiger partial charge in [-0.05, 0) is 13.0 Å². The summed E-state index contributed by atoms with van der Waals surface area (Å²) in [6.07, 6.45) is 0.588. The molecule has 7 heteroatoms. The Hall–Kier alpha value is -0.950. The molecule has 90 valence electrons. The van der Waals surface area contributed by atoms with Gasteiger partial charge in [-0.25, -0.2) is 8.42 Å². The highest BCUT2D eigenvalue weighted by Gasteiger charge is 2.32. The van der Waals surface area contributed by atoms with Crippen LogP contribution in [0.5, 0.6) is 0 Å². The van der Waals surface area contributed by atoms with Gasteiger partial charge in [0.1, 0.15) is 0 Å². The Kier molecular flexibility index (Phi) is 3.25. The van der Waals surface area contributed by atoms with Gasteiger partial charge in [0.05, 0.1) is 24.0 Å². The van der Waals surface area contributed by atoms with Crippen LogP contribution in [0.1, 0.15) is 31.0 Å². The number of rotatable bonds is 4.